The Balaban J connectivity index is 1.76. The van der Waals surface area contributed by atoms with Crippen molar-refractivity contribution in [3.8, 4) is 5.75 Å². The van der Waals surface area contributed by atoms with Crippen LogP contribution in [-0.4, -0.2) is 20.5 Å². The third-order valence-electron chi connectivity index (χ3n) is 3.41. The van der Waals surface area contributed by atoms with Crippen LogP contribution in [0.5, 0.6) is 5.75 Å². The number of hydrogen-bond donors (Lipinski definition) is 2. The van der Waals surface area contributed by atoms with Crippen molar-refractivity contribution < 1.29 is 13.2 Å². The Kier molecular flexibility index (Phi) is 3.87. The third kappa shape index (κ3) is 2.98. The van der Waals surface area contributed by atoms with Crippen molar-refractivity contribution in [3.63, 3.8) is 0 Å². The van der Waals surface area contributed by atoms with E-state index in [9.17, 15) is 8.42 Å². The zero-order chi connectivity index (χ0) is 15.6. The number of ether oxygens (including phenoxy) is 1. The molecule has 3 rings (SSSR count). The normalized spacial score (nSPS) is 11.7. The van der Waals surface area contributed by atoms with E-state index < -0.39 is 10.0 Å². The fourth-order valence-corrected chi connectivity index (χ4v) is 3.25. The lowest BCUT2D eigenvalue weighted by Gasteiger charge is -2.06. The average Bonchev–Trinajstić information content (AvgIpc) is 2.96. The molecule has 6 heteroatoms. The quantitative estimate of drug-likeness (QED) is 0.760. The molecule has 0 unspecified atom stereocenters. The lowest BCUT2D eigenvalue weighted by Crippen LogP contribution is -2.23. The van der Waals surface area contributed by atoms with Crippen LogP contribution in [0.4, 0.5) is 0 Å². The van der Waals surface area contributed by atoms with Crippen LogP contribution in [-0.2, 0) is 16.6 Å². The first kappa shape index (κ1) is 14.6. The SMILES string of the molecule is COc1ccc(S(=O)(=O)NCc2cc3ccccc3[nH]2)cc1. The second kappa shape index (κ2) is 5.82. The van der Waals surface area contributed by atoms with Crippen LogP contribution < -0.4 is 9.46 Å². The number of para-hydroxylation sites is 1. The minimum Gasteiger partial charge on any atom is -0.497 e. The predicted molar refractivity (Wildman–Crippen MR) is 85.3 cm³/mol. The first-order valence-electron chi connectivity index (χ1n) is 6.79. The van der Waals surface area contributed by atoms with Crippen molar-refractivity contribution in [2.24, 2.45) is 0 Å². The highest BCUT2D eigenvalue weighted by molar-refractivity contribution is 7.89. The van der Waals surface area contributed by atoms with Crippen molar-refractivity contribution in [2.75, 3.05) is 7.11 Å². The molecule has 3 aromatic rings. The molecule has 0 atom stereocenters. The number of nitrogens with one attached hydrogen (secondary N) is 2. The van der Waals surface area contributed by atoms with Crippen LogP contribution in [0.15, 0.2) is 59.5 Å². The number of hydrogen-bond acceptors (Lipinski definition) is 3. The van der Waals surface area contributed by atoms with Gasteiger partial charge >= 0.3 is 0 Å². The van der Waals surface area contributed by atoms with Gasteiger partial charge in [-0.25, -0.2) is 13.1 Å². The summed E-state index contributed by atoms with van der Waals surface area (Å²) in [4.78, 5) is 3.40. The number of aromatic amines is 1. The van der Waals surface area contributed by atoms with Gasteiger partial charge in [-0.05, 0) is 41.8 Å². The van der Waals surface area contributed by atoms with Crippen LogP contribution >= 0.6 is 0 Å². The number of aromatic nitrogens is 1. The Morgan fingerprint density at radius 1 is 1.09 bits per heavy atom. The maximum absolute atomic E-state index is 12.3. The van der Waals surface area contributed by atoms with E-state index in [-0.39, 0.29) is 11.4 Å². The Morgan fingerprint density at radius 2 is 1.82 bits per heavy atom. The second-order valence-corrected chi connectivity index (χ2v) is 6.65. The van der Waals surface area contributed by atoms with Crippen molar-refractivity contribution in [1.82, 2.24) is 9.71 Å². The highest BCUT2D eigenvalue weighted by Gasteiger charge is 2.14. The standard InChI is InChI=1S/C16H16N2O3S/c1-21-14-6-8-15(9-7-14)22(19,20)17-11-13-10-12-4-2-3-5-16(12)18-13/h2-10,17-18H,11H2,1H3. The summed E-state index contributed by atoms with van der Waals surface area (Å²) in [6.45, 7) is 0.211. The summed E-state index contributed by atoms with van der Waals surface area (Å²) in [6, 6.07) is 16.0. The second-order valence-electron chi connectivity index (χ2n) is 4.88. The highest BCUT2D eigenvalue weighted by Crippen LogP contribution is 2.17. The van der Waals surface area contributed by atoms with E-state index in [1.165, 1.54) is 19.2 Å². The molecular formula is C16H16N2O3S. The van der Waals surface area contributed by atoms with Crippen molar-refractivity contribution in [2.45, 2.75) is 11.4 Å². The van der Waals surface area contributed by atoms with E-state index in [4.69, 9.17) is 4.74 Å². The number of sulfonamides is 1. The molecule has 0 aliphatic rings. The summed E-state index contributed by atoms with van der Waals surface area (Å²) >= 11 is 0. The molecule has 0 radical (unpaired) electrons. The number of rotatable bonds is 5. The first-order valence-corrected chi connectivity index (χ1v) is 8.27. The smallest absolute Gasteiger partial charge is 0.240 e. The summed E-state index contributed by atoms with van der Waals surface area (Å²) in [7, 11) is -2.01. The van der Waals surface area contributed by atoms with E-state index in [2.05, 4.69) is 9.71 Å². The molecule has 0 aliphatic carbocycles. The van der Waals surface area contributed by atoms with E-state index in [0.717, 1.165) is 16.6 Å². The monoisotopic (exact) mass is 316 g/mol. The maximum atomic E-state index is 12.3. The number of fused-ring (bicyclic) bond motifs is 1. The van der Waals surface area contributed by atoms with Crippen molar-refractivity contribution >= 4 is 20.9 Å². The fraction of sp³-hybridized carbons (Fsp3) is 0.125. The fourth-order valence-electron chi connectivity index (χ4n) is 2.24. The molecule has 0 spiro atoms. The van der Waals surface area contributed by atoms with E-state index >= 15 is 0 Å². The van der Waals surface area contributed by atoms with Gasteiger partial charge in [-0.15, -0.1) is 0 Å². The zero-order valence-electron chi connectivity index (χ0n) is 12.0. The Morgan fingerprint density at radius 3 is 2.50 bits per heavy atom. The molecule has 0 bridgehead atoms. The molecule has 0 aliphatic heterocycles. The zero-order valence-corrected chi connectivity index (χ0v) is 12.9. The lowest BCUT2D eigenvalue weighted by molar-refractivity contribution is 0.414. The molecule has 0 amide bonds. The molecule has 1 heterocycles. The van der Waals surface area contributed by atoms with Gasteiger partial charge in [0.05, 0.1) is 18.6 Å². The molecular weight excluding hydrogens is 300 g/mol. The molecule has 1 aromatic heterocycles. The average molecular weight is 316 g/mol. The number of methoxy groups -OCH3 is 1. The third-order valence-corrected chi connectivity index (χ3v) is 4.83. The molecule has 114 valence electrons. The van der Waals surface area contributed by atoms with Gasteiger partial charge in [-0.2, -0.15) is 0 Å². The number of H-pyrrole nitrogens is 1. The van der Waals surface area contributed by atoms with Gasteiger partial charge in [0, 0.05) is 11.2 Å². The lowest BCUT2D eigenvalue weighted by atomic mass is 10.2. The Bertz CT molecular complexity index is 850. The summed E-state index contributed by atoms with van der Waals surface area (Å²) in [5.74, 6) is 0.620. The molecule has 0 saturated heterocycles. The van der Waals surface area contributed by atoms with Crippen molar-refractivity contribution in [3.05, 3.63) is 60.3 Å². The minimum absolute atomic E-state index is 0.211. The van der Waals surface area contributed by atoms with Crippen molar-refractivity contribution in [1.29, 1.82) is 0 Å². The predicted octanol–water partition coefficient (Wildman–Crippen LogP) is 2.66. The van der Waals surface area contributed by atoms with Crippen LogP contribution in [0.25, 0.3) is 10.9 Å². The van der Waals surface area contributed by atoms with Gasteiger partial charge in [0.25, 0.3) is 0 Å². The molecule has 2 N–H and O–H groups in total. The van der Waals surface area contributed by atoms with E-state index in [0.29, 0.717) is 5.75 Å². The first-order chi connectivity index (χ1) is 10.6. The topological polar surface area (TPSA) is 71.2 Å². The van der Waals surface area contributed by atoms with Crippen LogP contribution in [0.1, 0.15) is 5.69 Å². The van der Waals surface area contributed by atoms with Gasteiger partial charge in [-0.3, -0.25) is 0 Å². The minimum atomic E-state index is -3.55. The van der Waals surface area contributed by atoms with Gasteiger partial charge < -0.3 is 9.72 Å². The molecule has 0 fully saturated rings. The molecule has 22 heavy (non-hydrogen) atoms. The maximum Gasteiger partial charge on any atom is 0.240 e. The van der Waals surface area contributed by atoms with Gasteiger partial charge in [0.1, 0.15) is 5.75 Å². The largest absolute Gasteiger partial charge is 0.497 e. The molecule has 0 saturated carbocycles. The van der Waals surface area contributed by atoms with E-state index in [1.807, 2.05) is 30.3 Å². The van der Waals surface area contributed by atoms with Gasteiger partial charge in [-0.1, -0.05) is 18.2 Å². The van der Waals surface area contributed by atoms with Crippen LogP contribution in [0, 0.1) is 0 Å². The molecule has 2 aromatic carbocycles. The van der Waals surface area contributed by atoms with Gasteiger partial charge in [0.2, 0.25) is 10.0 Å². The number of benzene rings is 2. The summed E-state index contributed by atoms with van der Waals surface area (Å²) < 4.78 is 32.1. The highest BCUT2D eigenvalue weighted by atomic mass is 32.2. The molecule has 5 nitrogen and oxygen atoms in total. The van der Waals surface area contributed by atoms with Gasteiger partial charge in [0.15, 0.2) is 0 Å². The van der Waals surface area contributed by atoms with Crippen LogP contribution in [0.2, 0.25) is 0 Å². The van der Waals surface area contributed by atoms with E-state index in [1.54, 1.807) is 12.1 Å². The Hall–Kier alpha value is -2.31. The summed E-state index contributed by atoms with van der Waals surface area (Å²) in [6.07, 6.45) is 0. The Labute approximate surface area is 129 Å². The summed E-state index contributed by atoms with van der Waals surface area (Å²) in [5.41, 5.74) is 1.81. The summed E-state index contributed by atoms with van der Waals surface area (Å²) in [5, 5.41) is 1.06. The van der Waals surface area contributed by atoms with Crippen LogP contribution in [0.3, 0.4) is 0 Å².